The highest BCUT2D eigenvalue weighted by Gasteiger charge is 2.27. The van der Waals surface area contributed by atoms with E-state index in [-0.39, 0.29) is 5.78 Å². The van der Waals surface area contributed by atoms with Crippen LogP contribution >= 0.6 is 0 Å². The van der Waals surface area contributed by atoms with E-state index in [1.54, 1.807) is 55.4 Å². The van der Waals surface area contributed by atoms with E-state index in [1.165, 1.54) is 21.3 Å². The SMILES string of the molecule is COc1ccc(-n2cc(-c3oc4cc(OC)ccc4c3C(=O)c3cc(OC)c(OC)c(OC)c3)cn2)cc1. The maximum atomic E-state index is 14.1. The Labute approximate surface area is 219 Å². The number of benzene rings is 3. The van der Waals surface area contributed by atoms with Crippen molar-refractivity contribution in [3.63, 3.8) is 0 Å². The molecule has 5 aromatic rings. The molecule has 0 fully saturated rings. The molecule has 9 nitrogen and oxygen atoms in total. The lowest BCUT2D eigenvalue weighted by atomic mass is 9.97. The van der Waals surface area contributed by atoms with Gasteiger partial charge in [0.05, 0.1) is 58.6 Å². The minimum Gasteiger partial charge on any atom is -0.497 e. The predicted molar refractivity (Wildman–Crippen MR) is 141 cm³/mol. The first-order valence-corrected chi connectivity index (χ1v) is 11.7. The number of ketones is 1. The molecule has 5 rings (SSSR count). The van der Waals surface area contributed by atoms with Gasteiger partial charge < -0.3 is 28.1 Å². The molecule has 0 atom stereocenters. The Balaban J connectivity index is 1.66. The number of hydrogen-bond acceptors (Lipinski definition) is 8. The van der Waals surface area contributed by atoms with E-state index in [0.717, 1.165) is 11.4 Å². The third kappa shape index (κ3) is 4.28. The van der Waals surface area contributed by atoms with Crippen molar-refractivity contribution < 1.29 is 32.9 Å². The van der Waals surface area contributed by atoms with Crippen LogP contribution in [0, 0.1) is 0 Å². The van der Waals surface area contributed by atoms with Crippen LogP contribution in [0.1, 0.15) is 15.9 Å². The van der Waals surface area contributed by atoms with Crippen LogP contribution in [0.15, 0.2) is 71.4 Å². The van der Waals surface area contributed by atoms with Crippen molar-refractivity contribution in [1.29, 1.82) is 0 Å². The summed E-state index contributed by atoms with van der Waals surface area (Å²) < 4.78 is 34.9. The predicted octanol–water partition coefficient (Wildman–Crippen LogP) is 5.56. The van der Waals surface area contributed by atoms with Gasteiger partial charge in [0.25, 0.3) is 0 Å². The Bertz CT molecular complexity index is 1590. The maximum absolute atomic E-state index is 14.1. The molecule has 0 aliphatic heterocycles. The highest BCUT2D eigenvalue weighted by Crippen LogP contribution is 2.41. The summed E-state index contributed by atoms with van der Waals surface area (Å²) in [7, 11) is 7.71. The number of hydrogen-bond donors (Lipinski definition) is 0. The van der Waals surface area contributed by atoms with Gasteiger partial charge in [-0.25, -0.2) is 4.68 Å². The molecule has 0 aliphatic rings. The molecule has 0 amide bonds. The van der Waals surface area contributed by atoms with Crippen LogP contribution in [0.25, 0.3) is 28.0 Å². The van der Waals surface area contributed by atoms with Gasteiger partial charge in [-0.1, -0.05) is 0 Å². The molecule has 194 valence electrons. The van der Waals surface area contributed by atoms with Crippen LogP contribution in [0.2, 0.25) is 0 Å². The zero-order valence-electron chi connectivity index (χ0n) is 21.6. The third-order valence-corrected chi connectivity index (χ3v) is 6.23. The second kappa shape index (κ2) is 10.2. The lowest BCUT2D eigenvalue weighted by molar-refractivity contribution is 0.103. The van der Waals surface area contributed by atoms with Gasteiger partial charge in [-0.3, -0.25) is 4.79 Å². The Kier molecular flexibility index (Phi) is 6.66. The number of aromatic nitrogens is 2. The summed E-state index contributed by atoms with van der Waals surface area (Å²) in [5.74, 6) is 2.60. The van der Waals surface area contributed by atoms with Crippen LogP contribution in [0.4, 0.5) is 0 Å². The first-order valence-electron chi connectivity index (χ1n) is 11.7. The van der Waals surface area contributed by atoms with Gasteiger partial charge in [0.1, 0.15) is 22.8 Å². The number of ether oxygens (including phenoxy) is 5. The van der Waals surface area contributed by atoms with Gasteiger partial charge in [0, 0.05) is 23.2 Å². The minimum absolute atomic E-state index is 0.277. The molecule has 0 spiro atoms. The summed E-state index contributed by atoms with van der Waals surface area (Å²) in [5, 5.41) is 5.13. The van der Waals surface area contributed by atoms with Gasteiger partial charge in [0.2, 0.25) is 5.75 Å². The van der Waals surface area contributed by atoms with Crippen molar-refractivity contribution in [3.05, 3.63) is 78.1 Å². The third-order valence-electron chi connectivity index (χ3n) is 6.23. The van der Waals surface area contributed by atoms with E-state index in [4.69, 9.17) is 28.1 Å². The monoisotopic (exact) mass is 514 g/mol. The van der Waals surface area contributed by atoms with E-state index < -0.39 is 0 Å². The Morgan fingerprint density at radius 1 is 0.789 bits per heavy atom. The molecular formula is C29H26N2O7. The first-order chi connectivity index (χ1) is 18.5. The van der Waals surface area contributed by atoms with E-state index in [0.29, 0.717) is 56.4 Å². The Hall–Kier alpha value is -4.92. The number of carbonyl (C=O) groups is 1. The molecule has 3 aromatic carbocycles. The summed E-state index contributed by atoms with van der Waals surface area (Å²) in [6.07, 6.45) is 3.47. The normalized spacial score (nSPS) is 10.9. The molecule has 0 unspecified atom stereocenters. The van der Waals surface area contributed by atoms with E-state index >= 15 is 0 Å². The number of nitrogens with zero attached hydrogens (tertiary/aromatic N) is 2. The first kappa shape index (κ1) is 24.8. The van der Waals surface area contributed by atoms with Gasteiger partial charge in [-0.2, -0.15) is 5.10 Å². The summed E-state index contributed by atoms with van der Waals surface area (Å²) in [6, 6.07) is 16.1. The van der Waals surface area contributed by atoms with Crippen LogP contribution in [-0.2, 0) is 0 Å². The van der Waals surface area contributed by atoms with Gasteiger partial charge in [-0.05, 0) is 48.5 Å². The number of rotatable bonds is 9. The lowest BCUT2D eigenvalue weighted by Gasteiger charge is -2.13. The quantitative estimate of drug-likeness (QED) is 0.236. The topological polar surface area (TPSA) is 94.2 Å². The van der Waals surface area contributed by atoms with Gasteiger partial charge in [0.15, 0.2) is 17.3 Å². The number of furan rings is 1. The number of carbonyl (C=O) groups excluding carboxylic acids is 1. The van der Waals surface area contributed by atoms with Crippen LogP contribution in [0.5, 0.6) is 28.7 Å². The lowest BCUT2D eigenvalue weighted by Crippen LogP contribution is -2.05. The van der Waals surface area contributed by atoms with Crippen molar-refractivity contribution in [1.82, 2.24) is 9.78 Å². The average molecular weight is 515 g/mol. The van der Waals surface area contributed by atoms with E-state index in [1.807, 2.05) is 30.5 Å². The zero-order valence-corrected chi connectivity index (χ0v) is 21.6. The molecule has 0 N–H and O–H groups in total. The van der Waals surface area contributed by atoms with Crippen molar-refractivity contribution in [2.45, 2.75) is 0 Å². The molecule has 0 saturated carbocycles. The van der Waals surface area contributed by atoms with Crippen molar-refractivity contribution >= 4 is 16.8 Å². The maximum Gasteiger partial charge on any atom is 0.203 e. The molecule has 9 heteroatoms. The zero-order chi connectivity index (χ0) is 26.8. The molecule has 0 radical (unpaired) electrons. The van der Waals surface area contributed by atoms with Crippen LogP contribution in [0.3, 0.4) is 0 Å². The highest BCUT2D eigenvalue weighted by molar-refractivity contribution is 6.20. The molecule has 0 aliphatic carbocycles. The number of fused-ring (bicyclic) bond motifs is 1. The number of methoxy groups -OCH3 is 5. The molecule has 2 aromatic heterocycles. The second-order valence-electron chi connectivity index (χ2n) is 8.28. The molecule has 0 bridgehead atoms. The van der Waals surface area contributed by atoms with Crippen LogP contribution < -0.4 is 23.7 Å². The molecule has 0 saturated heterocycles. The summed E-state index contributed by atoms with van der Waals surface area (Å²) in [6.45, 7) is 0. The fraction of sp³-hybridized carbons (Fsp3) is 0.172. The van der Waals surface area contributed by atoms with E-state index in [2.05, 4.69) is 5.10 Å². The van der Waals surface area contributed by atoms with Gasteiger partial charge in [-0.15, -0.1) is 0 Å². The summed E-state index contributed by atoms with van der Waals surface area (Å²) >= 11 is 0. The fourth-order valence-corrected chi connectivity index (χ4v) is 4.31. The van der Waals surface area contributed by atoms with Crippen molar-refractivity contribution in [2.75, 3.05) is 35.5 Å². The highest BCUT2D eigenvalue weighted by atomic mass is 16.5. The summed E-state index contributed by atoms with van der Waals surface area (Å²) in [4.78, 5) is 14.1. The standard InChI is InChI=1S/C29H26N2O7/c1-33-20-8-6-19(7-9-20)31-16-18(15-30-31)28-26(22-11-10-21(34-2)14-23(22)38-28)27(32)17-12-24(35-3)29(37-5)25(13-17)36-4/h6-16H,1-5H3. The molecule has 2 heterocycles. The fourth-order valence-electron chi connectivity index (χ4n) is 4.31. The molecular weight excluding hydrogens is 488 g/mol. The second-order valence-corrected chi connectivity index (χ2v) is 8.28. The smallest absolute Gasteiger partial charge is 0.203 e. The van der Waals surface area contributed by atoms with E-state index in [9.17, 15) is 4.79 Å². The summed E-state index contributed by atoms with van der Waals surface area (Å²) in [5.41, 5.74) is 2.69. The largest absolute Gasteiger partial charge is 0.497 e. The average Bonchev–Trinajstić information content (AvgIpc) is 3.60. The molecule has 38 heavy (non-hydrogen) atoms. The van der Waals surface area contributed by atoms with Gasteiger partial charge >= 0.3 is 0 Å². The van der Waals surface area contributed by atoms with Crippen LogP contribution in [-0.4, -0.2) is 51.1 Å². The van der Waals surface area contributed by atoms with Crippen molar-refractivity contribution in [3.8, 4) is 45.8 Å². The minimum atomic E-state index is -0.277. The Morgan fingerprint density at radius 3 is 2.05 bits per heavy atom. The van der Waals surface area contributed by atoms with Crippen molar-refractivity contribution in [2.24, 2.45) is 0 Å². The Morgan fingerprint density at radius 2 is 1.45 bits per heavy atom.